The first-order valence-electron chi connectivity index (χ1n) is 5.77. The van der Waals surface area contributed by atoms with E-state index in [0.29, 0.717) is 0 Å². The maximum Gasteiger partial charge on any atom is 0.146 e. The summed E-state index contributed by atoms with van der Waals surface area (Å²) >= 11 is 0. The molecule has 1 rings (SSSR count). The first-order valence-corrected chi connectivity index (χ1v) is 6.88. The number of rotatable bonds is 2. The Labute approximate surface area is 101 Å². The van der Waals surface area contributed by atoms with Crippen molar-refractivity contribution in [3.63, 3.8) is 0 Å². The van der Waals surface area contributed by atoms with Crippen LogP contribution in [0.15, 0.2) is 4.40 Å². The Morgan fingerprint density at radius 1 is 1.38 bits per heavy atom. The van der Waals surface area contributed by atoms with Crippen molar-refractivity contribution in [3.05, 3.63) is 0 Å². The average molecular weight is 246 g/mol. The zero-order chi connectivity index (χ0) is 12.2. The second-order valence-electron chi connectivity index (χ2n) is 4.82. The van der Waals surface area contributed by atoms with Gasteiger partial charge in [-0.3, -0.25) is 0 Å². The van der Waals surface area contributed by atoms with Gasteiger partial charge in [-0.2, -0.15) is 4.40 Å². The lowest BCUT2D eigenvalue weighted by atomic mass is 10.3. The predicted octanol–water partition coefficient (Wildman–Crippen LogP) is 1.59. The van der Waals surface area contributed by atoms with Crippen molar-refractivity contribution >= 4 is 16.8 Å². The van der Waals surface area contributed by atoms with Crippen LogP contribution in [0.3, 0.4) is 0 Å². The molecule has 0 aromatic rings. The highest BCUT2D eigenvalue weighted by molar-refractivity contribution is 7.85. The highest BCUT2D eigenvalue weighted by atomic mass is 32.2. The molecule has 1 fully saturated rings. The van der Waals surface area contributed by atoms with Crippen molar-refractivity contribution < 1.29 is 8.95 Å². The third kappa shape index (κ3) is 3.87. The van der Waals surface area contributed by atoms with Crippen molar-refractivity contribution in [2.45, 2.75) is 38.9 Å². The quantitative estimate of drug-likeness (QED) is 0.549. The maximum atomic E-state index is 11.9. The Morgan fingerprint density at radius 2 is 1.94 bits per heavy atom. The van der Waals surface area contributed by atoms with Gasteiger partial charge in [0.1, 0.15) is 16.8 Å². The van der Waals surface area contributed by atoms with Crippen molar-refractivity contribution in [1.29, 1.82) is 0 Å². The minimum absolute atomic E-state index is 0.285. The summed E-state index contributed by atoms with van der Waals surface area (Å²) in [5, 5.41) is 0. The minimum Gasteiger partial charge on any atom is -0.378 e. The van der Waals surface area contributed by atoms with Gasteiger partial charge in [0.25, 0.3) is 0 Å². The van der Waals surface area contributed by atoms with Crippen LogP contribution in [0.25, 0.3) is 0 Å². The van der Waals surface area contributed by atoms with Crippen LogP contribution in [0.4, 0.5) is 0 Å². The van der Waals surface area contributed by atoms with Gasteiger partial charge in [-0.25, -0.2) is 4.21 Å². The van der Waals surface area contributed by atoms with E-state index in [1.807, 2.05) is 27.7 Å². The topological polar surface area (TPSA) is 41.9 Å². The average Bonchev–Trinajstić information content (AvgIpc) is 2.25. The Balaban J connectivity index is 2.72. The SMILES string of the molecule is CC/C(=N\S(=O)C(C)(C)C)N1CCOCC1. The fraction of sp³-hybridized carbons (Fsp3) is 0.909. The molecule has 1 heterocycles. The lowest BCUT2D eigenvalue weighted by Gasteiger charge is -2.29. The van der Waals surface area contributed by atoms with Gasteiger partial charge in [0.05, 0.1) is 18.0 Å². The van der Waals surface area contributed by atoms with Crippen LogP contribution in [0, 0.1) is 0 Å². The largest absolute Gasteiger partial charge is 0.378 e. The van der Waals surface area contributed by atoms with Crippen LogP contribution in [0.1, 0.15) is 34.1 Å². The van der Waals surface area contributed by atoms with Crippen LogP contribution in [-0.2, 0) is 15.7 Å². The molecule has 16 heavy (non-hydrogen) atoms. The summed E-state index contributed by atoms with van der Waals surface area (Å²) in [6.07, 6.45) is 0.821. The van der Waals surface area contributed by atoms with Gasteiger partial charge in [-0.15, -0.1) is 0 Å². The van der Waals surface area contributed by atoms with Crippen LogP contribution in [0.2, 0.25) is 0 Å². The maximum absolute atomic E-state index is 11.9. The van der Waals surface area contributed by atoms with E-state index in [1.165, 1.54) is 0 Å². The third-order valence-electron chi connectivity index (χ3n) is 2.40. The van der Waals surface area contributed by atoms with E-state index in [-0.39, 0.29) is 4.75 Å². The molecule has 5 heteroatoms. The van der Waals surface area contributed by atoms with Gasteiger partial charge in [0, 0.05) is 19.5 Å². The number of nitrogens with zero attached hydrogens (tertiary/aromatic N) is 2. The Hall–Kier alpha value is -0.420. The number of ether oxygens (including phenoxy) is 1. The fourth-order valence-electron chi connectivity index (χ4n) is 1.40. The van der Waals surface area contributed by atoms with Crippen LogP contribution in [0.5, 0.6) is 0 Å². The first kappa shape index (κ1) is 13.6. The summed E-state index contributed by atoms with van der Waals surface area (Å²) < 4.78 is 21.3. The zero-order valence-corrected chi connectivity index (χ0v) is 11.5. The Kier molecular flexibility index (Phi) is 4.92. The molecule has 0 radical (unpaired) electrons. The van der Waals surface area contributed by atoms with Crippen LogP contribution >= 0.6 is 0 Å². The molecule has 0 N–H and O–H groups in total. The minimum atomic E-state index is -1.16. The summed E-state index contributed by atoms with van der Waals surface area (Å²) in [5.74, 6) is 0.941. The molecule has 1 unspecified atom stereocenters. The van der Waals surface area contributed by atoms with E-state index in [2.05, 4.69) is 9.30 Å². The normalized spacial score (nSPS) is 21.0. The third-order valence-corrected chi connectivity index (χ3v) is 3.83. The second-order valence-corrected chi connectivity index (χ2v) is 6.73. The molecule has 1 atom stereocenters. The van der Waals surface area contributed by atoms with Gasteiger partial charge in [0.15, 0.2) is 0 Å². The summed E-state index contributed by atoms with van der Waals surface area (Å²) in [7, 11) is -1.16. The second kappa shape index (κ2) is 5.77. The highest BCUT2D eigenvalue weighted by Gasteiger charge is 2.21. The molecule has 1 aliphatic rings. The number of amidine groups is 1. The molecule has 4 nitrogen and oxygen atoms in total. The standard InChI is InChI=1S/C11H22N2O2S/c1-5-10(12-16(14)11(2,3)4)13-6-8-15-9-7-13/h5-9H2,1-4H3/b12-10+. The van der Waals surface area contributed by atoms with E-state index >= 15 is 0 Å². The van der Waals surface area contributed by atoms with E-state index in [0.717, 1.165) is 38.6 Å². The van der Waals surface area contributed by atoms with Gasteiger partial charge in [-0.1, -0.05) is 6.92 Å². The number of morpholine rings is 1. The fourth-order valence-corrected chi connectivity index (χ4v) is 2.11. The molecule has 1 aliphatic heterocycles. The number of hydrogen-bond acceptors (Lipinski definition) is 2. The summed E-state index contributed by atoms with van der Waals surface area (Å²) in [6.45, 7) is 11.1. The molecule has 0 saturated carbocycles. The lowest BCUT2D eigenvalue weighted by molar-refractivity contribution is 0.0674. The predicted molar refractivity (Wildman–Crippen MR) is 68.0 cm³/mol. The van der Waals surface area contributed by atoms with E-state index < -0.39 is 11.0 Å². The van der Waals surface area contributed by atoms with Gasteiger partial charge in [0.2, 0.25) is 0 Å². The van der Waals surface area contributed by atoms with E-state index in [1.54, 1.807) is 0 Å². The van der Waals surface area contributed by atoms with Gasteiger partial charge < -0.3 is 9.64 Å². The smallest absolute Gasteiger partial charge is 0.146 e. The van der Waals surface area contributed by atoms with Crippen molar-refractivity contribution in [2.75, 3.05) is 26.3 Å². The lowest BCUT2D eigenvalue weighted by Crippen LogP contribution is -2.41. The molecular formula is C11H22N2O2S. The van der Waals surface area contributed by atoms with Gasteiger partial charge in [-0.05, 0) is 20.8 Å². The highest BCUT2D eigenvalue weighted by Crippen LogP contribution is 2.14. The van der Waals surface area contributed by atoms with E-state index in [9.17, 15) is 4.21 Å². The Bertz CT molecular complexity index is 278. The molecule has 1 saturated heterocycles. The molecule has 0 spiro atoms. The van der Waals surface area contributed by atoms with Crippen LogP contribution in [-0.4, -0.2) is 46.0 Å². The zero-order valence-electron chi connectivity index (χ0n) is 10.7. The molecular weight excluding hydrogens is 224 g/mol. The molecule has 0 aromatic heterocycles. The van der Waals surface area contributed by atoms with Gasteiger partial charge >= 0.3 is 0 Å². The molecule has 94 valence electrons. The van der Waals surface area contributed by atoms with Crippen molar-refractivity contribution in [1.82, 2.24) is 4.90 Å². The number of hydrogen-bond donors (Lipinski definition) is 0. The first-order chi connectivity index (χ1) is 7.45. The Morgan fingerprint density at radius 3 is 2.38 bits per heavy atom. The van der Waals surface area contributed by atoms with E-state index in [4.69, 9.17) is 4.74 Å². The summed E-state index contributed by atoms with van der Waals surface area (Å²) in [5.41, 5.74) is 0. The monoisotopic (exact) mass is 246 g/mol. The van der Waals surface area contributed by atoms with Crippen molar-refractivity contribution in [2.24, 2.45) is 4.40 Å². The molecule has 0 aliphatic carbocycles. The molecule has 0 bridgehead atoms. The summed E-state index contributed by atoms with van der Waals surface area (Å²) in [4.78, 5) is 2.17. The summed E-state index contributed by atoms with van der Waals surface area (Å²) in [6, 6.07) is 0. The van der Waals surface area contributed by atoms with Crippen LogP contribution < -0.4 is 0 Å². The molecule has 0 amide bonds. The van der Waals surface area contributed by atoms with Crippen molar-refractivity contribution in [3.8, 4) is 0 Å². The molecule has 0 aromatic carbocycles.